The van der Waals surface area contributed by atoms with Gasteiger partial charge in [0.15, 0.2) is 23.0 Å². The maximum absolute atomic E-state index is 6.62. The summed E-state index contributed by atoms with van der Waals surface area (Å²) in [7, 11) is 0. The van der Waals surface area contributed by atoms with Gasteiger partial charge in [-0.2, -0.15) is 0 Å². The number of fused-ring (bicyclic) bond motifs is 2. The molecule has 0 aliphatic carbocycles. The number of nitrogens with one attached hydrogen (secondary N) is 1. The number of hydrogen-bond donors (Lipinski definition) is 1. The maximum Gasteiger partial charge on any atom is 0.187 e. The fraction of sp³-hybridized carbons (Fsp3) is 0.0800. The molecule has 3 heterocycles. The lowest BCUT2D eigenvalue weighted by molar-refractivity contribution is 0.258. The van der Waals surface area contributed by atoms with E-state index >= 15 is 0 Å². The molecule has 0 fully saturated rings. The highest BCUT2D eigenvalue weighted by Gasteiger charge is 2.23. The Morgan fingerprint density at radius 1 is 0.368 bits per heavy atom. The van der Waals surface area contributed by atoms with E-state index in [9.17, 15) is 0 Å². The smallest absolute Gasteiger partial charge is 0.187 e. The molecular formula is C50H39N3O4. The first-order valence-electron chi connectivity index (χ1n) is 19.0. The van der Waals surface area contributed by atoms with Gasteiger partial charge in [-0.05, 0) is 57.6 Å². The Bertz CT molecular complexity index is 2550. The summed E-state index contributed by atoms with van der Waals surface area (Å²) in [5, 5.41) is 1.86. The van der Waals surface area contributed by atoms with Crippen LogP contribution in [0.25, 0.3) is 44.1 Å². The predicted molar refractivity (Wildman–Crippen MR) is 225 cm³/mol. The van der Waals surface area contributed by atoms with Crippen LogP contribution in [0.15, 0.2) is 183 Å². The molecule has 278 valence electrons. The quantitative estimate of drug-likeness (QED) is 0.119. The van der Waals surface area contributed by atoms with E-state index in [1.54, 1.807) is 12.4 Å². The van der Waals surface area contributed by atoms with Crippen LogP contribution in [0, 0.1) is 0 Å². The first kappa shape index (κ1) is 35.3. The second kappa shape index (κ2) is 16.6. The average Bonchev–Trinajstić information content (AvgIpc) is 3.77. The summed E-state index contributed by atoms with van der Waals surface area (Å²) in [6, 6.07) is 52.8. The number of aromatic amines is 1. The minimum atomic E-state index is 0.364. The van der Waals surface area contributed by atoms with Crippen LogP contribution in [0.1, 0.15) is 22.3 Å². The summed E-state index contributed by atoms with van der Waals surface area (Å²) in [5.41, 5.74) is 9.43. The molecule has 0 radical (unpaired) electrons. The molecule has 0 unspecified atom stereocenters. The highest BCUT2D eigenvalue weighted by atomic mass is 16.5. The van der Waals surface area contributed by atoms with Gasteiger partial charge in [-0.15, -0.1) is 0 Å². The molecule has 9 aromatic rings. The third-order valence-electron chi connectivity index (χ3n) is 9.88. The Labute approximate surface area is 331 Å². The number of hydrogen-bond acceptors (Lipinski definition) is 6. The normalized spacial score (nSPS) is 11.1. The predicted octanol–water partition coefficient (Wildman–Crippen LogP) is 11.8. The first-order chi connectivity index (χ1) is 28.3. The van der Waals surface area contributed by atoms with Crippen molar-refractivity contribution in [3.05, 3.63) is 205 Å². The molecule has 1 N–H and O–H groups in total. The third kappa shape index (κ3) is 7.77. The minimum Gasteiger partial charge on any atom is -0.485 e. The molecule has 6 aromatic carbocycles. The number of benzene rings is 6. The summed E-state index contributed by atoms with van der Waals surface area (Å²) in [4.78, 5) is 13.2. The number of H-pyrrole nitrogens is 1. The number of pyridine rings is 2. The third-order valence-corrected chi connectivity index (χ3v) is 9.88. The molecule has 0 amide bonds. The van der Waals surface area contributed by atoms with Crippen molar-refractivity contribution in [2.75, 3.05) is 0 Å². The van der Waals surface area contributed by atoms with Crippen molar-refractivity contribution in [1.29, 1.82) is 0 Å². The van der Waals surface area contributed by atoms with Gasteiger partial charge < -0.3 is 23.9 Å². The van der Waals surface area contributed by atoms with Gasteiger partial charge in [-0.3, -0.25) is 9.97 Å². The molecule has 0 atom stereocenters. The van der Waals surface area contributed by atoms with Crippen LogP contribution in [0.5, 0.6) is 23.0 Å². The lowest BCUT2D eigenvalue weighted by atomic mass is 9.93. The minimum absolute atomic E-state index is 0.364. The molecular weight excluding hydrogens is 707 g/mol. The Kier molecular flexibility index (Phi) is 10.3. The highest BCUT2D eigenvalue weighted by Crippen LogP contribution is 2.48. The molecule has 0 bridgehead atoms. The van der Waals surface area contributed by atoms with E-state index in [4.69, 9.17) is 28.9 Å². The van der Waals surface area contributed by atoms with E-state index in [-0.39, 0.29) is 0 Å². The molecule has 0 saturated carbocycles. The Morgan fingerprint density at radius 2 is 0.719 bits per heavy atom. The van der Waals surface area contributed by atoms with E-state index in [0.717, 1.165) is 55.3 Å². The maximum atomic E-state index is 6.62. The van der Waals surface area contributed by atoms with E-state index in [2.05, 4.69) is 77.8 Å². The van der Waals surface area contributed by atoms with Crippen LogP contribution in [0.3, 0.4) is 0 Å². The fourth-order valence-corrected chi connectivity index (χ4v) is 7.07. The summed E-state index contributed by atoms with van der Waals surface area (Å²) in [6.07, 6.45) is 7.64. The Hall–Kier alpha value is -7.38. The van der Waals surface area contributed by atoms with Crippen molar-refractivity contribution in [1.82, 2.24) is 15.0 Å². The first-order valence-corrected chi connectivity index (χ1v) is 19.0. The van der Waals surface area contributed by atoms with Crippen LogP contribution >= 0.6 is 0 Å². The van der Waals surface area contributed by atoms with Crippen molar-refractivity contribution in [2.45, 2.75) is 26.4 Å². The standard InChI is InChI=1S/C50H39N3O4/c1-5-15-35(16-6-1)31-54-45-27-41(39-23-13-25-52-47(39)49(45)56-33-37-19-9-3-10-20-37)43-29-51-30-44(43)42-28-46(55-32-36-17-7-2-8-18-36)50(48-40(42)24-14-26-53-48)57-34-38-21-11-4-12-22-38/h1-30,51H,31-34H2. The van der Waals surface area contributed by atoms with Gasteiger partial charge in [0.1, 0.15) is 37.5 Å². The van der Waals surface area contributed by atoms with E-state index in [1.807, 2.05) is 97.3 Å². The molecule has 0 aliphatic heterocycles. The van der Waals surface area contributed by atoms with Gasteiger partial charge in [0.05, 0.1) is 0 Å². The summed E-state index contributed by atoms with van der Waals surface area (Å²) >= 11 is 0. The topological polar surface area (TPSA) is 78.5 Å². The van der Waals surface area contributed by atoms with Gasteiger partial charge in [0.2, 0.25) is 0 Å². The van der Waals surface area contributed by atoms with Crippen molar-refractivity contribution >= 4 is 21.8 Å². The average molecular weight is 746 g/mol. The van der Waals surface area contributed by atoms with Gasteiger partial charge >= 0.3 is 0 Å². The van der Waals surface area contributed by atoms with Gasteiger partial charge in [-0.1, -0.05) is 133 Å². The lowest BCUT2D eigenvalue weighted by Gasteiger charge is -2.19. The van der Waals surface area contributed by atoms with Crippen LogP contribution in [0.2, 0.25) is 0 Å². The second-order valence-electron chi connectivity index (χ2n) is 13.7. The zero-order chi connectivity index (χ0) is 38.2. The molecule has 7 nitrogen and oxygen atoms in total. The van der Waals surface area contributed by atoms with Crippen LogP contribution < -0.4 is 18.9 Å². The molecule has 7 heteroatoms. The van der Waals surface area contributed by atoms with Crippen molar-refractivity contribution in [3.8, 4) is 45.3 Å². The molecule has 57 heavy (non-hydrogen) atoms. The van der Waals surface area contributed by atoms with E-state index < -0.39 is 0 Å². The molecule has 0 aliphatic rings. The van der Waals surface area contributed by atoms with Gasteiger partial charge in [0, 0.05) is 46.7 Å². The van der Waals surface area contributed by atoms with E-state index in [0.29, 0.717) is 60.5 Å². The van der Waals surface area contributed by atoms with Crippen molar-refractivity contribution in [3.63, 3.8) is 0 Å². The lowest BCUT2D eigenvalue weighted by Crippen LogP contribution is -2.03. The van der Waals surface area contributed by atoms with Crippen molar-refractivity contribution < 1.29 is 18.9 Å². The molecule has 9 rings (SSSR count). The highest BCUT2D eigenvalue weighted by molar-refractivity contribution is 6.07. The van der Waals surface area contributed by atoms with Gasteiger partial charge in [-0.25, -0.2) is 0 Å². The van der Waals surface area contributed by atoms with Crippen molar-refractivity contribution in [2.24, 2.45) is 0 Å². The van der Waals surface area contributed by atoms with Crippen LogP contribution in [-0.2, 0) is 26.4 Å². The van der Waals surface area contributed by atoms with E-state index in [1.165, 1.54) is 0 Å². The van der Waals surface area contributed by atoms with Crippen LogP contribution in [0.4, 0.5) is 0 Å². The van der Waals surface area contributed by atoms with Gasteiger partial charge in [0.25, 0.3) is 0 Å². The van der Waals surface area contributed by atoms with Crippen LogP contribution in [-0.4, -0.2) is 15.0 Å². The summed E-state index contributed by atoms with van der Waals surface area (Å²) in [6.45, 7) is 1.46. The molecule has 0 spiro atoms. The monoisotopic (exact) mass is 745 g/mol. The Balaban J connectivity index is 1.18. The number of nitrogens with zero attached hydrogens (tertiary/aromatic N) is 2. The zero-order valence-corrected chi connectivity index (χ0v) is 31.2. The second-order valence-corrected chi connectivity index (χ2v) is 13.7. The largest absolute Gasteiger partial charge is 0.485 e. The Morgan fingerprint density at radius 3 is 1.09 bits per heavy atom. The fourth-order valence-electron chi connectivity index (χ4n) is 7.07. The number of rotatable bonds is 14. The summed E-state index contributed by atoms with van der Waals surface area (Å²) in [5.74, 6) is 2.40. The molecule has 3 aromatic heterocycles. The zero-order valence-electron chi connectivity index (χ0n) is 31.2. The molecule has 0 saturated heterocycles. The summed E-state index contributed by atoms with van der Waals surface area (Å²) < 4.78 is 26.4. The number of ether oxygens (including phenoxy) is 4. The SMILES string of the molecule is c1ccc(COc2cc(-c3c[nH]cc3-c3cc(OCc4ccccc4)c(OCc4ccccc4)c4ncccc34)c3cccnc3c2OCc2ccccc2)cc1. The number of aromatic nitrogens is 3.